The monoisotopic (exact) mass is 308 g/mol. The number of hydrogen-bond acceptors (Lipinski definition) is 6. The summed E-state index contributed by atoms with van der Waals surface area (Å²) in [4.78, 5) is 19.1. The molecule has 3 N–H and O–H groups in total. The number of nitrogens with zero attached hydrogens (tertiary/aromatic N) is 1. The zero-order valence-electron chi connectivity index (χ0n) is 9.69. The fraction of sp³-hybridized carbons (Fsp3) is 0.222. The molecule has 0 aliphatic rings. The second-order valence-electron chi connectivity index (χ2n) is 3.57. The highest BCUT2D eigenvalue weighted by Crippen LogP contribution is 2.21. The van der Waals surface area contributed by atoms with Crippen LogP contribution in [0.4, 0.5) is 10.1 Å². The van der Waals surface area contributed by atoms with Crippen molar-refractivity contribution < 1.29 is 32.7 Å². The van der Waals surface area contributed by atoms with Crippen LogP contribution in [0.15, 0.2) is 23.1 Å². The first kappa shape index (κ1) is 15.9. The molecule has 0 saturated carbocycles. The Balaban J connectivity index is 3.24. The number of carboxylic acid groups (broad SMARTS) is 1. The molecule has 1 aromatic rings. The Labute approximate surface area is 111 Å². The van der Waals surface area contributed by atoms with Crippen molar-refractivity contribution in [3.05, 3.63) is 34.1 Å². The number of sulfonamides is 1. The van der Waals surface area contributed by atoms with Gasteiger partial charge in [0.25, 0.3) is 5.69 Å². The molecule has 1 rings (SSSR count). The summed E-state index contributed by atoms with van der Waals surface area (Å²) >= 11 is 0. The van der Waals surface area contributed by atoms with E-state index >= 15 is 0 Å². The van der Waals surface area contributed by atoms with Crippen molar-refractivity contribution in [2.75, 3.05) is 6.61 Å². The fourth-order valence-electron chi connectivity index (χ4n) is 1.23. The number of nitro benzene ring substituents is 1. The summed E-state index contributed by atoms with van der Waals surface area (Å²) in [5.74, 6) is -2.97. The van der Waals surface area contributed by atoms with Crippen molar-refractivity contribution in [3.8, 4) is 0 Å². The zero-order chi connectivity index (χ0) is 15.5. The molecule has 0 aliphatic heterocycles. The summed E-state index contributed by atoms with van der Waals surface area (Å²) in [7, 11) is -4.67. The standard InChI is InChI=1S/C9H9FN2O7S/c10-6-2-1-5(12(16)17)3-8(6)20(18,19)11-7(4-13)9(14)15/h1-3,7,11,13H,4H2,(H,14,15)/t7-/m1/s1. The molecule has 11 heteroatoms. The number of carbonyl (C=O) groups is 1. The highest BCUT2D eigenvalue weighted by Gasteiger charge is 2.28. The number of benzene rings is 1. The Hall–Kier alpha value is -2.11. The van der Waals surface area contributed by atoms with Crippen molar-refractivity contribution in [1.82, 2.24) is 4.72 Å². The lowest BCUT2D eigenvalue weighted by molar-refractivity contribution is -0.385. The van der Waals surface area contributed by atoms with E-state index in [2.05, 4.69) is 0 Å². The van der Waals surface area contributed by atoms with Crippen LogP contribution in [0.1, 0.15) is 0 Å². The Bertz CT molecular complexity index is 646. The molecule has 110 valence electrons. The molecular formula is C9H9FN2O7S. The quantitative estimate of drug-likeness (QED) is 0.472. The van der Waals surface area contributed by atoms with E-state index in [0.29, 0.717) is 12.1 Å². The predicted octanol–water partition coefficient (Wildman–Crippen LogP) is -0.542. The first-order valence-corrected chi connectivity index (χ1v) is 6.47. The summed E-state index contributed by atoms with van der Waals surface area (Å²) < 4.78 is 38.5. The van der Waals surface area contributed by atoms with E-state index in [0.717, 1.165) is 6.07 Å². The van der Waals surface area contributed by atoms with Crippen molar-refractivity contribution in [2.45, 2.75) is 10.9 Å². The molecule has 9 nitrogen and oxygen atoms in total. The molecule has 0 aliphatic carbocycles. The van der Waals surface area contributed by atoms with Crippen molar-refractivity contribution >= 4 is 21.7 Å². The van der Waals surface area contributed by atoms with E-state index in [-0.39, 0.29) is 0 Å². The maximum Gasteiger partial charge on any atom is 0.324 e. The van der Waals surface area contributed by atoms with Crippen molar-refractivity contribution in [2.24, 2.45) is 0 Å². The second-order valence-corrected chi connectivity index (χ2v) is 5.25. The number of nitrogens with one attached hydrogen (secondary N) is 1. The molecule has 0 amide bonds. The number of halogens is 1. The number of hydrogen-bond donors (Lipinski definition) is 3. The lowest BCUT2D eigenvalue weighted by Gasteiger charge is -2.12. The van der Waals surface area contributed by atoms with Gasteiger partial charge in [-0.3, -0.25) is 14.9 Å². The van der Waals surface area contributed by atoms with Crippen molar-refractivity contribution in [3.63, 3.8) is 0 Å². The van der Waals surface area contributed by atoms with Crippen LogP contribution in [0.3, 0.4) is 0 Å². The minimum Gasteiger partial charge on any atom is -0.480 e. The average Bonchev–Trinajstić information content (AvgIpc) is 2.35. The first-order chi connectivity index (χ1) is 9.19. The Kier molecular flexibility index (Phi) is 4.70. The number of aliphatic hydroxyl groups is 1. The van der Waals surface area contributed by atoms with Gasteiger partial charge in [-0.15, -0.1) is 0 Å². The molecule has 0 aromatic heterocycles. The third-order valence-corrected chi connectivity index (χ3v) is 3.68. The predicted molar refractivity (Wildman–Crippen MR) is 61.9 cm³/mol. The van der Waals surface area contributed by atoms with E-state index in [9.17, 15) is 27.7 Å². The summed E-state index contributed by atoms with van der Waals surface area (Å²) in [6.07, 6.45) is 0. The van der Waals surface area contributed by atoms with E-state index in [4.69, 9.17) is 10.2 Å². The smallest absolute Gasteiger partial charge is 0.324 e. The largest absolute Gasteiger partial charge is 0.480 e. The molecule has 0 fully saturated rings. The van der Waals surface area contributed by atoms with Gasteiger partial charge in [0.05, 0.1) is 11.5 Å². The Morgan fingerprint density at radius 1 is 1.50 bits per heavy atom. The summed E-state index contributed by atoms with van der Waals surface area (Å²) in [6.45, 7) is -1.06. The molecule has 0 heterocycles. The van der Waals surface area contributed by atoms with Gasteiger partial charge in [0.2, 0.25) is 10.0 Å². The van der Waals surface area contributed by atoms with Crippen LogP contribution < -0.4 is 4.72 Å². The van der Waals surface area contributed by atoms with Gasteiger partial charge in [0.1, 0.15) is 16.8 Å². The van der Waals surface area contributed by atoms with Gasteiger partial charge in [-0.1, -0.05) is 0 Å². The van der Waals surface area contributed by atoms with Gasteiger partial charge < -0.3 is 10.2 Å². The normalized spacial score (nSPS) is 12.9. The van der Waals surface area contributed by atoms with Crippen LogP contribution in [0, 0.1) is 15.9 Å². The van der Waals surface area contributed by atoms with Crippen LogP contribution in [0.2, 0.25) is 0 Å². The van der Waals surface area contributed by atoms with E-state index in [1.807, 2.05) is 0 Å². The third kappa shape index (κ3) is 3.46. The second kappa shape index (κ2) is 5.90. The van der Waals surface area contributed by atoms with Crippen LogP contribution in [-0.2, 0) is 14.8 Å². The van der Waals surface area contributed by atoms with Crippen LogP contribution in [-0.4, -0.2) is 42.2 Å². The number of aliphatic hydroxyl groups excluding tert-OH is 1. The minimum atomic E-state index is -4.67. The van der Waals surface area contributed by atoms with Gasteiger partial charge in [-0.2, -0.15) is 4.72 Å². The van der Waals surface area contributed by atoms with Gasteiger partial charge in [0.15, 0.2) is 0 Å². The molecule has 0 spiro atoms. The number of rotatable bonds is 6. The SMILES string of the molecule is O=C(O)[C@@H](CO)NS(=O)(=O)c1cc([N+](=O)[O-])ccc1F. The van der Waals surface area contributed by atoms with Crippen molar-refractivity contribution in [1.29, 1.82) is 0 Å². The molecular weight excluding hydrogens is 299 g/mol. The van der Waals surface area contributed by atoms with E-state index in [1.54, 1.807) is 0 Å². The maximum absolute atomic E-state index is 13.4. The third-order valence-electron chi connectivity index (χ3n) is 2.19. The summed E-state index contributed by atoms with van der Waals surface area (Å²) in [6, 6.07) is -0.108. The van der Waals surface area contributed by atoms with Gasteiger partial charge in [-0.25, -0.2) is 12.8 Å². The lowest BCUT2D eigenvalue weighted by Crippen LogP contribution is -2.43. The molecule has 0 saturated heterocycles. The molecule has 0 unspecified atom stereocenters. The van der Waals surface area contributed by atoms with E-state index < -0.39 is 50.0 Å². The maximum atomic E-state index is 13.4. The summed E-state index contributed by atoms with van der Waals surface area (Å²) in [5.41, 5.74) is -0.678. The van der Waals surface area contributed by atoms with Crippen LogP contribution >= 0.6 is 0 Å². The van der Waals surface area contributed by atoms with Crippen LogP contribution in [0.5, 0.6) is 0 Å². The molecule has 1 aromatic carbocycles. The summed E-state index contributed by atoms with van der Waals surface area (Å²) in [5, 5.41) is 27.8. The Morgan fingerprint density at radius 2 is 2.10 bits per heavy atom. The minimum absolute atomic E-state index is 0.452. The molecule has 0 radical (unpaired) electrons. The topological polar surface area (TPSA) is 147 Å². The molecule has 1 atom stereocenters. The van der Waals surface area contributed by atoms with Gasteiger partial charge in [-0.05, 0) is 6.07 Å². The van der Waals surface area contributed by atoms with Gasteiger partial charge >= 0.3 is 5.97 Å². The van der Waals surface area contributed by atoms with E-state index in [1.165, 1.54) is 4.72 Å². The fourth-order valence-corrected chi connectivity index (χ4v) is 2.51. The molecule has 20 heavy (non-hydrogen) atoms. The zero-order valence-corrected chi connectivity index (χ0v) is 10.5. The number of aliphatic carboxylic acids is 1. The highest BCUT2D eigenvalue weighted by atomic mass is 32.2. The average molecular weight is 308 g/mol. The highest BCUT2D eigenvalue weighted by molar-refractivity contribution is 7.89. The lowest BCUT2D eigenvalue weighted by atomic mass is 10.3. The Morgan fingerprint density at radius 3 is 2.55 bits per heavy atom. The first-order valence-electron chi connectivity index (χ1n) is 4.99. The number of nitro groups is 1. The van der Waals surface area contributed by atoms with Crippen LogP contribution in [0.25, 0.3) is 0 Å². The number of non-ortho nitro benzene ring substituents is 1. The van der Waals surface area contributed by atoms with Gasteiger partial charge in [0, 0.05) is 12.1 Å². The number of carboxylic acids is 1. The molecule has 0 bridgehead atoms.